The van der Waals surface area contributed by atoms with E-state index in [0.717, 1.165) is 11.1 Å². The molecule has 2 aromatic carbocycles. The Morgan fingerprint density at radius 2 is 1.68 bits per heavy atom. The number of cyclic esters (lactones) is 1. The molecule has 0 radical (unpaired) electrons. The second kappa shape index (κ2) is 12.8. The van der Waals surface area contributed by atoms with Gasteiger partial charge in [0.2, 0.25) is 0 Å². The second-order valence-corrected chi connectivity index (χ2v) is 12.5. The number of carbonyl (C=O) groups is 4. The van der Waals surface area contributed by atoms with Crippen molar-refractivity contribution in [3.63, 3.8) is 0 Å². The number of fused-ring (bicyclic) bond motifs is 1. The molecular formula is C36H40O8. The molecule has 6 atom stereocenters. The average molecular weight is 601 g/mol. The SMILES string of the molecule is C=C1CC[C@H]2[C@@](C)(CC[C@@H](OC(C)=O)[C@@]2(C)C(=O)OCc2ccccc2)[C@@H]1C/C=C1/C(=O)OC[C@H]1OC(=O)c1ccccc1. The Labute approximate surface area is 258 Å². The monoisotopic (exact) mass is 600 g/mol. The predicted molar refractivity (Wildman–Crippen MR) is 162 cm³/mol. The van der Waals surface area contributed by atoms with Gasteiger partial charge in [-0.2, -0.15) is 0 Å². The molecule has 3 fully saturated rings. The molecule has 8 heteroatoms. The Morgan fingerprint density at radius 1 is 1.00 bits per heavy atom. The summed E-state index contributed by atoms with van der Waals surface area (Å²) in [6, 6.07) is 18.1. The largest absolute Gasteiger partial charge is 0.461 e. The fourth-order valence-electron chi connectivity index (χ4n) is 7.60. The van der Waals surface area contributed by atoms with Crippen molar-refractivity contribution >= 4 is 23.9 Å². The fourth-order valence-corrected chi connectivity index (χ4v) is 7.60. The van der Waals surface area contributed by atoms with Crippen molar-refractivity contribution in [1.82, 2.24) is 0 Å². The first-order valence-corrected chi connectivity index (χ1v) is 15.2. The van der Waals surface area contributed by atoms with Crippen molar-refractivity contribution in [1.29, 1.82) is 0 Å². The summed E-state index contributed by atoms with van der Waals surface area (Å²) in [5.74, 6) is -2.10. The standard InChI is InChI=1S/C36H40O8/c1-23-15-18-30-35(3,20-19-31(43-24(2)37)36(30,4)34(40)42-21-25-11-7-5-8-12-25)28(23)17-16-27-29(22-41-33(27)39)44-32(38)26-13-9-6-10-14-26/h5-14,16,28-31H,1,15,17-22H2,2-4H3/b27-16+/t28-,29-,30+,31-,35+,36+/m1/s1. The number of ether oxygens (including phenoxy) is 4. The van der Waals surface area contributed by atoms with Crippen LogP contribution in [0.2, 0.25) is 0 Å². The molecule has 0 amide bonds. The lowest BCUT2D eigenvalue weighted by molar-refractivity contribution is -0.199. The summed E-state index contributed by atoms with van der Waals surface area (Å²) >= 11 is 0. The molecule has 5 rings (SSSR count). The lowest BCUT2D eigenvalue weighted by Crippen LogP contribution is -2.60. The van der Waals surface area contributed by atoms with E-state index >= 15 is 0 Å². The molecule has 1 saturated heterocycles. The van der Waals surface area contributed by atoms with Crippen LogP contribution in [0.15, 0.2) is 84.5 Å². The molecule has 3 aliphatic rings. The Kier molecular flexibility index (Phi) is 9.09. The van der Waals surface area contributed by atoms with E-state index in [1.165, 1.54) is 6.92 Å². The minimum absolute atomic E-state index is 0.0376. The van der Waals surface area contributed by atoms with E-state index in [0.29, 0.717) is 43.2 Å². The topological polar surface area (TPSA) is 105 Å². The second-order valence-electron chi connectivity index (χ2n) is 12.5. The molecule has 8 nitrogen and oxygen atoms in total. The minimum atomic E-state index is -1.08. The Morgan fingerprint density at radius 3 is 2.36 bits per heavy atom. The van der Waals surface area contributed by atoms with E-state index in [-0.39, 0.29) is 31.0 Å². The van der Waals surface area contributed by atoms with Crippen LogP contribution in [-0.4, -0.2) is 42.7 Å². The van der Waals surface area contributed by atoms with Gasteiger partial charge in [-0.1, -0.05) is 73.7 Å². The van der Waals surface area contributed by atoms with Gasteiger partial charge < -0.3 is 18.9 Å². The van der Waals surface area contributed by atoms with E-state index < -0.39 is 40.9 Å². The molecule has 1 heterocycles. The highest BCUT2D eigenvalue weighted by atomic mass is 16.6. The van der Waals surface area contributed by atoms with Gasteiger partial charge in [0.1, 0.15) is 24.7 Å². The first kappa shape index (κ1) is 31.2. The summed E-state index contributed by atoms with van der Waals surface area (Å²) in [5, 5.41) is 0. The minimum Gasteiger partial charge on any atom is -0.461 e. The summed E-state index contributed by atoms with van der Waals surface area (Å²) < 4.78 is 22.7. The van der Waals surface area contributed by atoms with Gasteiger partial charge in [0.25, 0.3) is 0 Å². The van der Waals surface area contributed by atoms with Gasteiger partial charge >= 0.3 is 23.9 Å². The zero-order chi connectivity index (χ0) is 31.5. The maximum Gasteiger partial charge on any atom is 0.338 e. The van der Waals surface area contributed by atoms with Crippen LogP contribution in [0, 0.1) is 22.7 Å². The molecule has 2 aliphatic carbocycles. The van der Waals surface area contributed by atoms with Crippen molar-refractivity contribution in [2.75, 3.05) is 6.61 Å². The third-order valence-corrected chi connectivity index (χ3v) is 9.92. The molecule has 0 aromatic heterocycles. The van der Waals surface area contributed by atoms with Crippen molar-refractivity contribution in [3.8, 4) is 0 Å². The van der Waals surface area contributed by atoms with E-state index in [4.69, 9.17) is 18.9 Å². The highest BCUT2D eigenvalue weighted by molar-refractivity contribution is 5.94. The van der Waals surface area contributed by atoms with Gasteiger partial charge in [-0.3, -0.25) is 9.59 Å². The molecule has 0 N–H and O–H groups in total. The number of rotatable bonds is 8. The zero-order valence-corrected chi connectivity index (χ0v) is 25.6. The molecule has 0 spiro atoms. The lowest BCUT2D eigenvalue weighted by atomic mass is 9.46. The Hall–Kier alpha value is -4.20. The highest BCUT2D eigenvalue weighted by Gasteiger charge is 2.63. The van der Waals surface area contributed by atoms with Crippen LogP contribution in [0.25, 0.3) is 0 Å². The predicted octanol–water partition coefficient (Wildman–Crippen LogP) is 6.15. The smallest absolute Gasteiger partial charge is 0.338 e. The average Bonchev–Trinajstić information content (AvgIpc) is 3.36. The Balaban J connectivity index is 1.39. The van der Waals surface area contributed by atoms with Crippen LogP contribution in [0.3, 0.4) is 0 Å². The first-order valence-electron chi connectivity index (χ1n) is 15.2. The lowest BCUT2D eigenvalue weighted by Gasteiger charge is -2.59. The highest BCUT2D eigenvalue weighted by Crippen LogP contribution is 2.62. The van der Waals surface area contributed by atoms with Crippen molar-refractivity contribution in [3.05, 3.63) is 95.6 Å². The van der Waals surface area contributed by atoms with Crippen molar-refractivity contribution < 1.29 is 38.1 Å². The molecule has 44 heavy (non-hydrogen) atoms. The van der Waals surface area contributed by atoms with Crippen LogP contribution in [0.4, 0.5) is 0 Å². The zero-order valence-electron chi connectivity index (χ0n) is 25.6. The number of carbonyl (C=O) groups excluding carboxylic acids is 4. The third kappa shape index (κ3) is 6.07. The summed E-state index contributed by atoms with van der Waals surface area (Å²) in [6.07, 6.45) is 3.39. The summed E-state index contributed by atoms with van der Waals surface area (Å²) in [4.78, 5) is 51.6. The molecule has 2 aromatic rings. The van der Waals surface area contributed by atoms with Gasteiger partial charge in [-0.05, 0) is 74.0 Å². The van der Waals surface area contributed by atoms with Crippen molar-refractivity contribution in [2.24, 2.45) is 22.7 Å². The molecule has 0 unspecified atom stereocenters. The first-order chi connectivity index (χ1) is 21.0. The van der Waals surface area contributed by atoms with Crippen LogP contribution in [0.5, 0.6) is 0 Å². The van der Waals surface area contributed by atoms with Gasteiger partial charge in [0.15, 0.2) is 6.10 Å². The molecule has 0 bridgehead atoms. The number of hydrogen-bond donors (Lipinski definition) is 0. The molecular weight excluding hydrogens is 560 g/mol. The summed E-state index contributed by atoms with van der Waals surface area (Å²) in [5.41, 5.74) is 1.13. The number of hydrogen-bond acceptors (Lipinski definition) is 8. The quantitative estimate of drug-likeness (QED) is 0.154. The van der Waals surface area contributed by atoms with Crippen LogP contribution >= 0.6 is 0 Å². The number of benzene rings is 2. The summed E-state index contributed by atoms with van der Waals surface area (Å²) in [7, 11) is 0. The van der Waals surface area contributed by atoms with Crippen LogP contribution in [-0.2, 0) is 39.9 Å². The number of allylic oxidation sites excluding steroid dienone is 2. The van der Waals surface area contributed by atoms with Gasteiger partial charge in [0, 0.05) is 6.92 Å². The van der Waals surface area contributed by atoms with Gasteiger partial charge in [-0.15, -0.1) is 0 Å². The maximum atomic E-state index is 14.0. The van der Waals surface area contributed by atoms with E-state index in [2.05, 4.69) is 13.5 Å². The van der Waals surface area contributed by atoms with Crippen LogP contribution < -0.4 is 0 Å². The van der Waals surface area contributed by atoms with E-state index in [1.54, 1.807) is 24.3 Å². The number of esters is 4. The molecule has 1 aliphatic heterocycles. The third-order valence-electron chi connectivity index (χ3n) is 9.92. The molecule has 2 saturated carbocycles. The van der Waals surface area contributed by atoms with Gasteiger partial charge in [0.05, 0.1) is 11.1 Å². The van der Waals surface area contributed by atoms with E-state index in [9.17, 15) is 19.2 Å². The maximum absolute atomic E-state index is 14.0. The normalized spacial score (nSPS) is 30.7. The Bertz CT molecular complexity index is 1450. The molecule has 232 valence electrons. The van der Waals surface area contributed by atoms with Crippen molar-refractivity contribution in [2.45, 2.75) is 71.7 Å². The van der Waals surface area contributed by atoms with Gasteiger partial charge in [-0.25, -0.2) is 9.59 Å². The van der Waals surface area contributed by atoms with E-state index in [1.807, 2.05) is 49.4 Å². The van der Waals surface area contributed by atoms with Crippen LogP contribution in [0.1, 0.15) is 68.8 Å². The fraction of sp³-hybridized carbons (Fsp3) is 0.444. The summed E-state index contributed by atoms with van der Waals surface area (Å²) in [6.45, 7) is 9.89.